The molecule has 66 valence electrons. The maximum absolute atomic E-state index is 5.91. The summed E-state index contributed by atoms with van der Waals surface area (Å²) in [6, 6.07) is 0.633. The van der Waals surface area contributed by atoms with Crippen LogP contribution in [0.5, 0.6) is 0 Å². The summed E-state index contributed by atoms with van der Waals surface area (Å²) in [4.78, 5) is 4.19. The second kappa shape index (κ2) is 2.98. The molecule has 12 heavy (non-hydrogen) atoms. The Morgan fingerprint density at radius 3 is 3.08 bits per heavy atom. The summed E-state index contributed by atoms with van der Waals surface area (Å²) in [6.07, 6.45) is 4.21. The van der Waals surface area contributed by atoms with E-state index >= 15 is 0 Å². The third-order valence-electron chi connectivity index (χ3n) is 2.03. The quantitative estimate of drug-likeness (QED) is 0.782. The van der Waals surface area contributed by atoms with E-state index in [2.05, 4.69) is 17.2 Å². The fraction of sp³-hybridized carbons (Fsp3) is 0.625. The normalized spacial score (nSPS) is 16.5. The van der Waals surface area contributed by atoms with Crippen LogP contribution >= 0.6 is 11.6 Å². The number of anilines is 1. The van der Waals surface area contributed by atoms with Gasteiger partial charge in [-0.3, -0.25) is 0 Å². The molecule has 4 heteroatoms. The molecule has 0 atom stereocenters. The predicted octanol–water partition coefficient (Wildman–Crippen LogP) is 2.13. The van der Waals surface area contributed by atoms with Crippen LogP contribution in [0.1, 0.15) is 19.8 Å². The predicted molar refractivity (Wildman–Crippen MR) is 49.6 cm³/mol. The van der Waals surface area contributed by atoms with Gasteiger partial charge in [0.2, 0.25) is 5.95 Å². The number of halogens is 1. The van der Waals surface area contributed by atoms with Gasteiger partial charge in [-0.2, -0.15) is 0 Å². The van der Waals surface area contributed by atoms with Crippen LogP contribution in [0.25, 0.3) is 0 Å². The Bertz CT molecular complexity index is 278. The number of hydrogen-bond donors (Lipinski definition) is 1. The first-order valence-electron chi connectivity index (χ1n) is 4.29. The molecule has 1 aliphatic carbocycles. The molecule has 0 radical (unpaired) electrons. The van der Waals surface area contributed by atoms with E-state index in [9.17, 15) is 0 Å². The molecule has 1 saturated carbocycles. The zero-order chi connectivity index (χ0) is 8.55. The minimum atomic E-state index is 0.633. The van der Waals surface area contributed by atoms with Crippen molar-refractivity contribution in [2.24, 2.45) is 0 Å². The van der Waals surface area contributed by atoms with Crippen LogP contribution in [0.3, 0.4) is 0 Å². The molecule has 1 fully saturated rings. The molecular formula is C8H12ClN3. The number of aromatic nitrogens is 2. The molecule has 0 bridgehead atoms. The van der Waals surface area contributed by atoms with Crippen molar-refractivity contribution >= 4 is 17.5 Å². The van der Waals surface area contributed by atoms with E-state index in [4.69, 9.17) is 11.6 Å². The molecule has 0 saturated heterocycles. The van der Waals surface area contributed by atoms with Gasteiger partial charge < -0.3 is 9.88 Å². The van der Waals surface area contributed by atoms with Gasteiger partial charge in [0, 0.05) is 12.6 Å². The van der Waals surface area contributed by atoms with E-state index < -0.39 is 0 Å². The summed E-state index contributed by atoms with van der Waals surface area (Å²) >= 11 is 5.91. The molecule has 0 amide bonds. The van der Waals surface area contributed by atoms with Crippen molar-refractivity contribution in [3.05, 3.63) is 11.3 Å². The summed E-state index contributed by atoms with van der Waals surface area (Å²) < 4.78 is 1.97. The van der Waals surface area contributed by atoms with Gasteiger partial charge in [-0.05, 0) is 19.8 Å². The van der Waals surface area contributed by atoms with Crippen LogP contribution in [0.15, 0.2) is 6.20 Å². The van der Waals surface area contributed by atoms with Gasteiger partial charge in [-0.25, -0.2) is 4.98 Å². The zero-order valence-electron chi connectivity index (χ0n) is 7.05. The number of imidazole rings is 1. The molecule has 1 N–H and O–H groups in total. The molecule has 1 aromatic heterocycles. The molecule has 0 aromatic carbocycles. The number of rotatable bonds is 3. The van der Waals surface area contributed by atoms with Crippen molar-refractivity contribution in [3.8, 4) is 0 Å². The van der Waals surface area contributed by atoms with E-state index in [1.807, 2.05) is 4.57 Å². The first-order chi connectivity index (χ1) is 5.81. The monoisotopic (exact) mass is 185 g/mol. The molecule has 1 aromatic rings. The Kier molecular flexibility index (Phi) is 1.97. The van der Waals surface area contributed by atoms with Crippen molar-refractivity contribution in [1.29, 1.82) is 0 Å². The SMILES string of the molecule is CCn1c(Cl)cnc1NC1CC1. The van der Waals surface area contributed by atoms with Crippen molar-refractivity contribution in [2.75, 3.05) is 5.32 Å². The summed E-state index contributed by atoms with van der Waals surface area (Å²) in [7, 11) is 0. The van der Waals surface area contributed by atoms with Crippen LogP contribution in [0.4, 0.5) is 5.95 Å². The Hall–Kier alpha value is -0.700. The van der Waals surface area contributed by atoms with E-state index in [0.717, 1.165) is 12.5 Å². The first-order valence-corrected chi connectivity index (χ1v) is 4.66. The number of nitrogens with one attached hydrogen (secondary N) is 1. The van der Waals surface area contributed by atoms with Crippen molar-refractivity contribution < 1.29 is 0 Å². The van der Waals surface area contributed by atoms with E-state index in [0.29, 0.717) is 11.2 Å². The average Bonchev–Trinajstić information content (AvgIpc) is 2.78. The lowest BCUT2D eigenvalue weighted by atomic mass is 10.6. The molecule has 2 rings (SSSR count). The largest absolute Gasteiger partial charge is 0.353 e. The first kappa shape index (κ1) is 7.92. The van der Waals surface area contributed by atoms with Crippen LogP contribution < -0.4 is 5.32 Å². The van der Waals surface area contributed by atoms with E-state index in [1.165, 1.54) is 12.8 Å². The standard InChI is InChI=1S/C8H12ClN3/c1-2-12-7(9)5-10-8(12)11-6-3-4-6/h5-6H,2-4H2,1H3,(H,10,11). The highest BCUT2D eigenvalue weighted by molar-refractivity contribution is 6.29. The summed E-state index contributed by atoms with van der Waals surface area (Å²) in [5.41, 5.74) is 0. The maximum atomic E-state index is 5.91. The van der Waals surface area contributed by atoms with Gasteiger partial charge in [0.05, 0.1) is 6.20 Å². The smallest absolute Gasteiger partial charge is 0.204 e. The van der Waals surface area contributed by atoms with Crippen LogP contribution in [0, 0.1) is 0 Å². The lowest BCUT2D eigenvalue weighted by molar-refractivity contribution is 0.763. The van der Waals surface area contributed by atoms with Gasteiger partial charge in [0.15, 0.2) is 0 Å². The van der Waals surface area contributed by atoms with Gasteiger partial charge in [0.1, 0.15) is 5.15 Å². The average molecular weight is 186 g/mol. The number of hydrogen-bond acceptors (Lipinski definition) is 2. The highest BCUT2D eigenvalue weighted by atomic mass is 35.5. The maximum Gasteiger partial charge on any atom is 0.204 e. The van der Waals surface area contributed by atoms with E-state index in [-0.39, 0.29) is 0 Å². The van der Waals surface area contributed by atoms with Gasteiger partial charge in [-0.1, -0.05) is 11.6 Å². The summed E-state index contributed by atoms with van der Waals surface area (Å²) in [5, 5.41) is 4.03. The molecule has 0 unspecified atom stereocenters. The fourth-order valence-corrected chi connectivity index (χ4v) is 1.43. The summed E-state index contributed by atoms with van der Waals surface area (Å²) in [5.74, 6) is 0.907. The van der Waals surface area contributed by atoms with Crippen molar-refractivity contribution in [3.63, 3.8) is 0 Å². The minimum Gasteiger partial charge on any atom is -0.353 e. The van der Waals surface area contributed by atoms with Gasteiger partial charge in [-0.15, -0.1) is 0 Å². The molecule has 0 aliphatic heterocycles. The molecule has 0 spiro atoms. The highest BCUT2D eigenvalue weighted by Crippen LogP contribution is 2.25. The molecule has 1 aliphatic rings. The van der Waals surface area contributed by atoms with Crippen LogP contribution in [-0.4, -0.2) is 15.6 Å². The van der Waals surface area contributed by atoms with E-state index in [1.54, 1.807) is 6.20 Å². The third kappa shape index (κ3) is 1.41. The molecular weight excluding hydrogens is 174 g/mol. The van der Waals surface area contributed by atoms with Crippen molar-refractivity contribution in [2.45, 2.75) is 32.4 Å². The second-order valence-electron chi connectivity index (χ2n) is 3.07. The Balaban J connectivity index is 2.16. The Labute approximate surface area is 76.7 Å². The lowest BCUT2D eigenvalue weighted by Crippen LogP contribution is -2.08. The van der Waals surface area contributed by atoms with Gasteiger partial charge >= 0.3 is 0 Å². The van der Waals surface area contributed by atoms with Crippen LogP contribution in [-0.2, 0) is 6.54 Å². The number of nitrogens with zero attached hydrogens (tertiary/aromatic N) is 2. The Morgan fingerprint density at radius 1 is 1.75 bits per heavy atom. The second-order valence-corrected chi connectivity index (χ2v) is 3.45. The Morgan fingerprint density at radius 2 is 2.50 bits per heavy atom. The fourth-order valence-electron chi connectivity index (χ4n) is 1.18. The molecule has 3 nitrogen and oxygen atoms in total. The lowest BCUT2D eigenvalue weighted by Gasteiger charge is -2.06. The van der Waals surface area contributed by atoms with Crippen molar-refractivity contribution in [1.82, 2.24) is 9.55 Å². The topological polar surface area (TPSA) is 29.9 Å². The minimum absolute atomic E-state index is 0.633. The van der Waals surface area contributed by atoms with Gasteiger partial charge in [0.25, 0.3) is 0 Å². The third-order valence-corrected chi connectivity index (χ3v) is 2.34. The zero-order valence-corrected chi connectivity index (χ0v) is 7.80. The molecule has 1 heterocycles. The highest BCUT2D eigenvalue weighted by Gasteiger charge is 2.22. The summed E-state index contributed by atoms with van der Waals surface area (Å²) in [6.45, 7) is 2.93. The van der Waals surface area contributed by atoms with Crippen LogP contribution in [0.2, 0.25) is 5.15 Å².